The van der Waals surface area contributed by atoms with Gasteiger partial charge in [-0.05, 0) is 88.9 Å². The van der Waals surface area contributed by atoms with Crippen molar-refractivity contribution < 1.29 is 19.4 Å². The zero-order valence-corrected chi connectivity index (χ0v) is 21.6. The molecule has 3 aromatic rings. The second-order valence-electron chi connectivity index (χ2n) is 10.7. The fourth-order valence-corrected chi connectivity index (χ4v) is 4.83. The number of nitrogens with zero attached hydrogens (tertiary/aromatic N) is 1. The predicted octanol–water partition coefficient (Wildman–Crippen LogP) is 6.98. The molecular formula is C30H34N2O4. The maximum absolute atomic E-state index is 13.6. The van der Waals surface area contributed by atoms with E-state index in [-0.39, 0.29) is 22.4 Å². The van der Waals surface area contributed by atoms with Crippen molar-refractivity contribution in [3.05, 3.63) is 89.0 Å². The number of fused-ring (bicyclic) bond motifs is 1. The van der Waals surface area contributed by atoms with Gasteiger partial charge >= 0.3 is 12.0 Å². The summed E-state index contributed by atoms with van der Waals surface area (Å²) in [6, 6.07) is 19.9. The number of carboxylic acids is 1. The first kappa shape index (κ1) is 25.3. The molecule has 1 aliphatic rings. The molecule has 188 valence electrons. The first-order valence-corrected chi connectivity index (χ1v) is 12.2. The second kappa shape index (κ2) is 9.69. The van der Waals surface area contributed by atoms with E-state index in [1.54, 1.807) is 24.1 Å². The molecule has 0 atom stereocenters. The lowest BCUT2D eigenvalue weighted by atomic mass is 9.63. The number of nitrogens with one attached hydrogen (secondary N) is 1. The van der Waals surface area contributed by atoms with Crippen LogP contribution in [0.2, 0.25) is 0 Å². The van der Waals surface area contributed by atoms with Gasteiger partial charge in [-0.3, -0.25) is 4.90 Å². The van der Waals surface area contributed by atoms with Crippen molar-refractivity contribution >= 4 is 23.4 Å². The van der Waals surface area contributed by atoms with Crippen molar-refractivity contribution in [3.8, 4) is 5.75 Å². The Morgan fingerprint density at radius 1 is 0.889 bits per heavy atom. The van der Waals surface area contributed by atoms with Crippen molar-refractivity contribution in [1.82, 2.24) is 0 Å². The van der Waals surface area contributed by atoms with Crippen LogP contribution in [0.1, 0.15) is 67.6 Å². The number of anilines is 2. The van der Waals surface area contributed by atoms with E-state index in [0.717, 1.165) is 29.8 Å². The van der Waals surface area contributed by atoms with Crippen LogP contribution in [0.4, 0.5) is 16.2 Å². The van der Waals surface area contributed by atoms with Crippen LogP contribution in [0.5, 0.6) is 5.75 Å². The summed E-state index contributed by atoms with van der Waals surface area (Å²) in [6.07, 6.45) is 2.20. The Kier molecular flexibility index (Phi) is 6.81. The topological polar surface area (TPSA) is 78.9 Å². The molecular weight excluding hydrogens is 452 g/mol. The molecule has 4 rings (SSSR count). The van der Waals surface area contributed by atoms with E-state index in [1.807, 2.05) is 30.3 Å². The molecule has 0 bridgehead atoms. The maximum atomic E-state index is 13.6. The maximum Gasteiger partial charge on any atom is 0.335 e. The standard InChI is InChI=1S/C30H34N2O4/c1-29(2)16-17-30(3,4)26-18-23(12-15-25(26)29)32(19-20-6-13-24(36-5)14-7-20)28(35)31-22-10-8-21(9-11-22)27(33)34/h6-15,18H,16-17,19H2,1-5H3,(H,31,35)(H,33,34). The lowest BCUT2D eigenvalue weighted by Crippen LogP contribution is -2.37. The number of carbonyl (C=O) groups is 2. The molecule has 0 heterocycles. The molecule has 0 radical (unpaired) electrons. The van der Waals surface area contributed by atoms with Crippen molar-refractivity contribution in [1.29, 1.82) is 0 Å². The zero-order chi connectivity index (χ0) is 26.1. The first-order valence-electron chi connectivity index (χ1n) is 12.2. The van der Waals surface area contributed by atoms with Gasteiger partial charge in [-0.1, -0.05) is 45.9 Å². The first-order chi connectivity index (χ1) is 17.0. The number of rotatable bonds is 6. The molecule has 2 amide bonds. The van der Waals surface area contributed by atoms with Crippen molar-refractivity contribution in [2.45, 2.75) is 57.9 Å². The molecule has 6 heteroatoms. The van der Waals surface area contributed by atoms with Gasteiger partial charge < -0.3 is 15.2 Å². The average Bonchev–Trinajstić information content (AvgIpc) is 2.86. The highest BCUT2D eigenvalue weighted by atomic mass is 16.5. The van der Waals surface area contributed by atoms with Crippen LogP contribution in [0, 0.1) is 0 Å². The Hall–Kier alpha value is -3.80. The van der Waals surface area contributed by atoms with E-state index >= 15 is 0 Å². The SMILES string of the molecule is COc1ccc(CN(C(=O)Nc2ccc(C(=O)O)cc2)c2ccc3c(c2)C(C)(C)CCC3(C)C)cc1. The number of aromatic carboxylic acids is 1. The van der Waals surface area contributed by atoms with Crippen molar-refractivity contribution in [3.63, 3.8) is 0 Å². The number of urea groups is 1. The third-order valence-corrected chi connectivity index (χ3v) is 7.28. The number of ether oxygens (including phenoxy) is 1. The van der Waals surface area contributed by atoms with Crippen LogP contribution in [-0.2, 0) is 17.4 Å². The lowest BCUT2D eigenvalue weighted by Gasteiger charge is -2.42. The highest BCUT2D eigenvalue weighted by Gasteiger charge is 2.37. The Labute approximate surface area is 212 Å². The van der Waals surface area contributed by atoms with Gasteiger partial charge in [0.15, 0.2) is 0 Å². The molecule has 0 fully saturated rings. The largest absolute Gasteiger partial charge is 0.497 e. The quantitative estimate of drug-likeness (QED) is 0.394. The minimum Gasteiger partial charge on any atom is -0.497 e. The number of amides is 2. The van der Waals surface area contributed by atoms with E-state index in [1.165, 1.54) is 23.3 Å². The lowest BCUT2D eigenvalue weighted by molar-refractivity contribution is 0.0697. The summed E-state index contributed by atoms with van der Waals surface area (Å²) in [5.41, 5.74) is 5.17. The molecule has 3 aromatic carbocycles. The highest BCUT2D eigenvalue weighted by molar-refractivity contribution is 6.02. The second-order valence-corrected chi connectivity index (χ2v) is 10.7. The summed E-state index contributed by atoms with van der Waals surface area (Å²) in [5.74, 6) is -0.250. The van der Waals surface area contributed by atoms with Crippen LogP contribution in [0.3, 0.4) is 0 Å². The fourth-order valence-electron chi connectivity index (χ4n) is 4.83. The summed E-state index contributed by atoms with van der Waals surface area (Å²) in [4.78, 5) is 26.5. The minimum absolute atomic E-state index is 0.00971. The Balaban J connectivity index is 1.70. The third kappa shape index (κ3) is 5.23. The number of carbonyl (C=O) groups excluding carboxylic acids is 1. The van der Waals surface area contributed by atoms with Gasteiger partial charge in [0, 0.05) is 11.4 Å². The van der Waals surface area contributed by atoms with Crippen LogP contribution in [-0.4, -0.2) is 24.2 Å². The molecule has 36 heavy (non-hydrogen) atoms. The normalized spacial score (nSPS) is 15.5. The Bertz CT molecular complexity index is 1260. The van der Waals surface area contributed by atoms with Crippen LogP contribution < -0.4 is 15.0 Å². The number of methoxy groups -OCH3 is 1. The predicted molar refractivity (Wildman–Crippen MR) is 143 cm³/mol. The molecule has 0 saturated carbocycles. The van der Waals surface area contributed by atoms with Gasteiger partial charge in [0.1, 0.15) is 5.75 Å². The number of hydrogen-bond acceptors (Lipinski definition) is 3. The Morgan fingerprint density at radius 2 is 1.50 bits per heavy atom. The fraction of sp³-hybridized carbons (Fsp3) is 0.333. The molecule has 0 saturated heterocycles. The van der Waals surface area contributed by atoms with E-state index < -0.39 is 5.97 Å². The molecule has 0 unspecified atom stereocenters. The molecule has 0 aromatic heterocycles. The van der Waals surface area contributed by atoms with Gasteiger partial charge in [0.25, 0.3) is 0 Å². The molecule has 1 aliphatic carbocycles. The Morgan fingerprint density at radius 3 is 2.08 bits per heavy atom. The van der Waals surface area contributed by atoms with E-state index in [2.05, 4.69) is 45.1 Å². The van der Waals surface area contributed by atoms with Gasteiger partial charge in [0.2, 0.25) is 0 Å². The van der Waals surface area contributed by atoms with Crippen molar-refractivity contribution in [2.24, 2.45) is 0 Å². The zero-order valence-electron chi connectivity index (χ0n) is 21.6. The van der Waals surface area contributed by atoms with Crippen LogP contribution in [0.25, 0.3) is 0 Å². The van der Waals surface area contributed by atoms with Crippen LogP contribution >= 0.6 is 0 Å². The number of hydrogen-bond donors (Lipinski definition) is 2. The summed E-state index contributed by atoms with van der Waals surface area (Å²) in [6.45, 7) is 9.46. The number of benzene rings is 3. The monoisotopic (exact) mass is 486 g/mol. The van der Waals surface area contributed by atoms with E-state index in [4.69, 9.17) is 9.84 Å². The molecule has 0 aliphatic heterocycles. The highest BCUT2D eigenvalue weighted by Crippen LogP contribution is 2.46. The summed E-state index contributed by atoms with van der Waals surface area (Å²) < 4.78 is 5.28. The minimum atomic E-state index is -1.01. The number of carboxylic acid groups (broad SMARTS) is 1. The van der Waals surface area contributed by atoms with Gasteiger partial charge in [0.05, 0.1) is 19.2 Å². The van der Waals surface area contributed by atoms with Gasteiger partial charge in [-0.15, -0.1) is 0 Å². The van der Waals surface area contributed by atoms with E-state index in [9.17, 15) is 9.59 Å². The molecule has 0 spiro atoms. The van der Waals surface area contributed by atoms with E-state index in [0.29, 0.717) is 12.2 Å². The van der Waals surface area contributed by atoms with Gasteiger partial charge in [-0.25, -0.2) is 9.59 Å². The summed E-state index contributed by atoms with van der Waals surface area (Å²) in [7, 11) is 1.63. The van der Waals surface area contributed by atoms with Crippen molar-refractivity contribution in [2.75, 3.05) is 17.3 Å². The molecule has 6 nitrogen and oxygen atoms in total. The smallest absolute Gasteiger partial charge is 0.335 e. The van der Waals surface area contributed by atoms with Crippen LogP contribution in [0.15, 0.2) is 66.7 Å². The summed E-state index contributed by atoms with van der Waals surface area (Å²) in [5, 5.41) is 12.1. The third-order valence-electron chi connectivity index (χ3n) is 7.28. The molecule has 2 N–H and O–H groups in total. The average molecular weight is 487 g/mol. The van der Waals surface area contributed by atoms with Gasteiger partial charge in [-0.2, -0.15) is 0 Å². The summed E-state index contributed by atoms with van der Waals surface area (Å²) >= 11 is 0.